The van der Waals surface area contributed by atoms with Crippen molar-refractivity contribution in [2.75, 3.05) is 20.7 Å². The van der Waals surface area contributed by atoms with Crippen molar-refractivity contribution >= 4 is 29.6 Å². The molecule has 1 amide bonds. The highest BCUT2D eigenvalue weighted by atomic mass is 19.1. The summed E-state index contributed by atoms with van der Waals surface area (Å²) in [5.41, 5.74) is -5.17. The third-order valence-electron chi connectivity index (χ3n) is 12.4. The van der Waals surface area contributed by atoms with Crippen LogP contribution in [0.2, 0.25) is 0 Å². The molecule has 0 aromatic heterocycles. The number of rotatable bonds is 9. The first kappa shape index (κ1) is 47.4. The Balaban J connectivity index is 1.62. The van der Waals surface area contributed by atoms with Crippen LogP contribution in [0.15, 0.2) is 60.7 Å². The highest BCUT2D eigenvalue weighted by Gasteiger charge is 2.59. The number of carbonyl (C=O) groups excluding carboxylic acids is 5. The van der Waals surface area contributed by atoms with E-state index in [0.717, 1.165) is 12.5 Å². The Morgan fingerprint density at radius 3 is 2.20 bits per heavy atom. The summed E-state index contributed by atoms with van der Waals surface area (Å²) in [6.45, 7) is 12.1. The van der Waals surface area contributed by atoms with Crippen LogP contribution in [0.25, 0.3) is 0 Å². The Hall–Kier alpha value is -4.68. The van der Waals surface area contributed by atoms with Gasteiger partial charge in [-0.1, -0.05) is 88.1 Å². The minimum atomic E-state index is -3.24. The maximum absolute atomic E-state index is 17.1. The minimum Gasteiger partial charge on any atom is -0.455 e. The van der Waals surface area contributed by atoms with Gasteiger partial charge in [0.25, 0.3) is 5.67 Å². The van der Waals surface area contributed by atoms with Crippen LogP contribution in [0, 0.1) is 29.6 Å². The van der Waals surface area contributed by atoms with Gasteiger partial charge in [-0.3, -0.25) is 9.59 Å². The van der Waals surface area contributed by atoms with Crippen molar-refractivity contribution in [1.29, 1.82) is 0 Å². The third kappa shape index (κ3) is 10.5. The number of fused-ring (bicyclic) bond motifs is 1. The SMILES string of the molecule is CC[C@H]1OC(=O)[C@@](C)(F)C(=O)[C@H](C)[C@@H](O[C@@H]2O[C@H](C)C[C@H](N(C)C)[C@H]2OC(=O)c2ccccc2)[C@](C)(OCC#CCc2ccccc2)C[C@@H](C)C(=O)[C@H](C)[C@H]2NC(=O)O[C@@]21C. The van der Waals surface area contributed by atoms with Crippen LogP contribution in [-0.2, 0) is 49.2 Å². The number of ketones is 2. The van der Waals surface area contributed by atoms with E-state index >= 15 is 4.39 Å². The summed E-state index contributed by atoms with van der Waals surface area (Å²) in [5.74, 6) is -0.657. The molecule has 0 aliphatic carbocycles. The summed E-state index contributed by atoms with van der Waals surface area (Å²) >= 11 is 0. The van der Waals surface area contributed by atoms with E-state index < -0.39 is 101 Å². The van der Waals surface area contributed by atoms with Gasteiger partial charge in [0.05, 0.1) is 35.5 Å². The molecule has 1 N–H and O–H groups in total. The molecule has 0 radical (unpaired) electrons. The minimum absolute atomic E-state index is 0.0697. The van der Waals surface area contributed by atoms with E-state index in [4.69, 9.17) is 28.4 Å². The molecule has 5 rings (SSSR count). The lowest BCUT2D eigenvalue weighted by molar-refractivity contribution is -0.296. The standard InChI is InChI=1S/C47H61FN2O11/c1-11-35-47(8)38(49-44(55)61-47)30(4)36(51)28(2)27-45(6,56-25-19-18-22-32-20-14-12-15-21-32)40(31(5)39(52)46(7,48)43(54)58-35)60-42-37(34(50(9)10)26-29(3)57-42)59-41(53)33-23-16-13-17-24-33/h12-17,20-21,23-24,28-31,34-35,37-38,40,42H,11,22,25-27H2,1-10H3,(H,49,55)/t28-,29-,30+,31+,34+,35-,37-,38-,40-,42+,45-,46+,47-/m1/s1. The third-order valence-corrected chi connectivity index (χ3v) is 12.4. The number of likely N-dealkylation sites (N-methyl/N-ethyl adjacent to an activating group) is 1. The summed E-state index contributed by atoms with van der Waals surface area (Å²) < 4.78 is 54.6. The van der Waals surface area contributed by atoms with Crippen molar-refractivity contribution in [2.24, 2.45) is 17.8 Å². The number of esters is 2. The van der Waals surface area contributed by atoms with Crippen molar-refractivity contribution in [3.8, 4) is 11.8 Å². The summed E-state index contributed by atoms with van der Waals surface area (Å²) in [6.07, 6.45) is -5.50. The van der Waals surface area contributed by atoms with Crippen LogP contribution in [0.3, 0.4) is 0 Å². The second-order valence-corrected chi connectivity index (χ2v) is 17.4. The molecule has 3 fully saturated rings. The van der Waals surface area contributed by atoms with Gasteiger partial charge in [0.15, 0.2) is 23.8 Å². The topological polar surface area (TPSA) is 156 Å². The fraction of sp³-hybridized carbons (Fsp3) is 0.596. The molecule has 0 spiro atoms. The average molecular weight is 849 g/mol. The highest BCUT2D eigenvalue weighted by Crippen LogP contribution is 2.41. The number of ether oxygens (including phenoxy) is 6. The Morgan fingerprint density at radius 1 is 0.934 bits per heavy atom. The molecular weight excluding hydrogens is 788 g/mol. The molecule has 3 heterocycles. The van der Waals surface area contributed by atoms with E-state index in [1.165, 1.54) is 13.8 Å². The number of alkyl halides is 1. The van der Waals surface area contributed by atoms with E-state index in [1.54, 1.807) is 58.0 Å². The molecule has 3 saturated heterocycles. The smallest absolute Gasteiger partial charge is 0.408 e. The lowest BCUT2D eigenvalue weighted by atomic mass is 9.73. The Morgan fingerprint density at radius 2 is 1.57 bits per heavy atom. The maximum Gasteiger partial charge on any atom is 0.408 e. The number of nitrogens with zero attached hydrogens (tertiary/aromatic N) is 1. The molecule has 2 aromatic carbocycles. The van der Waals surface area contributed by atoms with Crippen LogP contribution in [0.1, 0.15) is 90.6 Å². The van der Waals surface area contributed by atoms with Crippen molar-refractivity contribution in [1.82, 2.24) is 10.2 Å². The van der Waals surface area contributed by atoms with E-state index in [0.29, 0.717) is 18.4 Å². The van der Waals surface area contributed by atoms with Crippen LogP contribution in [0.5, 0.6) is 0 Å². The van der Waals surface area contributed by atoms with Gasteiger partial charge in [-0.2, -0.15) is 0 Å². The van der Waals surface area contributed by atoms with Crippen LogP contribution < -0.4 is 5.32 Å². The molecule has 13 nitrogen and oxygen atoms in total. The number of hydrogen-bond donors (Lipinski definition) is 1. The number of benzene rings is 2. The molecule has 13 atom stereocenters. The molecular formula is C47H61FN2O11. The first-order valence-corrected chi connectivity index (χ1v) is 21.1. The predicted octanol–water partition coefficient (Wildman–Crippen LogP) is 6.05. The number of halogens is 1. The van der Waals surface area contributed by atoms with Gasteiger partial charge in [-0.05, 0) is 78.7 Å². The van der Waals surface area contributed by atoms with Crippen molar-refractivity contribution < 1.29 is 56.8 Å². The van der Waals surface area contributed by atoms with E-state index in [9.17, 15) is 24.0 Å². The predicted molar refractivity (Wildman–Crippen MR) is 223 cm³/mol. The quantitative estimate of drug-likeness (QED) is 0.135. The number of hydrogen-bond acceptors (Lipinski definition) is 12. The Labute approximate surface area is 358 Å². The van der Waals surface area contributed by atoms with Gasteiger partial charge in [0.2, 0.25) is 0 Å². The molecule has 2 aromatic rings. The second-order valence-electron chi connectivity index (χ2n) is 17.4. The van der Waals surface area contributed by atoms with Crippen molar-refractivity contribution in [3.63, 3.8) is 0 Å². The summed E-state index contributed by atoms with van der Waals surface area (Å²) in [7, 11) is 3.66. The fourth-order valence-electron chi connectivity index (χ4n) is 9.02. The van der Waals surface area contributed by atoms with Crippen molar-refractivity contribution in [2.45, 2.75) is 141 Å². The number of cyclic esters (lactones) is 1. The summed E-state index contributed by atoms with van der Waals surface area (Å²) in [5, 5.41) is 2.72. The summed E-state index contributed by atoms with van der Waals surface area (Å²) in [4.78, 5) is 71.4. The number of alkyl carbamates (subject to hydrolysis) is 1. The second kappa shape index (κ2) is 19.6. The van der Waals surface area contributed by atoms with Crippen LogP contribution in [0.4, 0.5) is 9.18 Å². The molecule has 0 unspecified atom stereocenters. The molecule has 0 bridgehead atoms. The van der Waals surface area contributed by atoms with E-state index in [-0.39, 0.29) is 25.2 Å². The maximum atomic E-state index is 17.1. The van der Waals surface area contributed by atoms with E-state index in [2.05, 4.69) is 17.2 Å². The summed E-state index contributed by atoms with van der Waals surface area (Å²) in [6, 6.07) is 16.6. The molecule has 14 heteroatoms. The van der Waals surface area contributed by atoms with E-state index in [1.807, 2.05) is 56.3 Å². The highest BCUT2D eigenvalue weighted by molar-refractivity contribution is 6.08. The molecule has 3 aliphatic rings. The molecule has 0 saturated carbocycles. The fourth-order valence-corrected chi connectivity index (χ4v) is 9.02. The van der Waals surface area contributed by atoms with Crippen LogP contribution in [-0.4, -0.2) is 115 Å². The lowest BCUT2D eigenvalue weighted by Crippen LogP contribution is -2.62. The molecule has 61 heavy (non-hydrogen) atoms. The monoisotopic (exact) mass is 848 g/mol. The van der Waals surface area contributed by atoms with Gasteiger partial charge in [0, 0.05) is 24.2 Å². The number of carbonyl (C=O) groups is 5. The zero-order chi connectivity index (χ0) is 44.9. The van der Waals surface area contributed by atoms with Gasteiger partial charge in [-0.25, -0.2) is 18.8 Å². The number of Topliss-reactive ketones (excluding diaryl/α,β-unsaturated/α-hetero) is 2. The lowest BCUT2D eigenvalue weighted by Gasteiger charge is -2.48. The molecule has 3 aliphatic heterocycles. The van der Waals surface area contributed by atoms with Gasteiger partial charge < -0.3 is 38.6 Å². The average Bonchev–Trinajstić information content (AvgIpc) is 3.55. The first-order chi connectivity index (χ1) is 28.7. The zero-order valence-electron chi connectivity index (χ0n) is 36.9. The van der Waals surface area contributed by atoms with Gasteiger partial charge in [0.1, 0.15) is 18.5 Å². The first-order valence-electron chi connectivity index (χ1n) is 21.1. The molecule has 332 valence electrons. The van der Waals surface area contributed by atoms with Gasteiger partial charge in [-0.15, -0.1) is 0 Å². The van der Waals surface area contributed by atoms with Gasteiger partial charge >= 0.3 is 18.0 Å². The normalized spacial score (nSPS) is 36.1. The van der Waals surface area contributed by atoms with Crippen molar-refractivity contribution in [3.05, 3.63) is 71.8 Å². The largest absolute Gasteiger partial charge is 0.455 e. The number of amides is 1. The Kier molecular flexibility index (Phi) is 15.2. The zero-order valence-corrected chi connectivity index (χ0v) is 36.9. The number of nitrogens with one attached hydrogen (secondary N) is 1. The van der Waals surface area contributed by atoms with Crippen LogP contribution >= 0.6 is 0 Å². The Bertz CT molecular complexity index is 1950.